The van der Waals surface area contributed by atoms with Crippen LogP contribution >= 0.6 is 0 Å². The number of allylic oxidation sites excluding steroid dienone is 1. The molecule has 2 aromatic carbocycles. The first-order valence-electron chi connectivity index (χ1n) is 12.4. The van der Waals surface area contributed by atoms with Gasteiger partial charge in [-0.05, 0) is 86.4 Å². The monoisotopic (exact) mass is 476 g/mol. The Morgan fingerprint density at radius 3 is 2.46 bits per heavy atom. The van der Waals surface area contributed by atoms with Crippen LogP contribution in [0.25, 0.3) is 6.08 Å². The molecule has 0 bridgehead atoms. The predicted molar refractivity (Wildman–Crippen MR) is 140 cm³/mol. The van der Waals surface area contributed by atoms with Crippen molar-refractivity contribution in [1.82, 2.24) is 0 Å². The van der Waals surface area contributed by atoms with Crippen LogP contribution < -0.4 is 16.2 Å². The van der Waals surface area contributed by atoms with Gasteiger partial charge in [-0.2, -0.15) is 0 Å². The summed E-state index contributed by atoms with van der Waals surface area (Å²) in [4.78, 5) is 24.6. The zero-order chi connectivity index (χ0) is 25.0. The molecule has 35 heavy (non-hydrogen) atoms. The van der Waals surface area contributed by atoms with Crippen molar-refractivity contribution in [3.05, 3.63) is 72.3 Å². The van der Waals surface area contributed by atoms with Gasteiger partial charge < -0.3 is 20.9 Å². The summed E-state index contributed by atoms with van der Waals surface area (Å²) in [5.41, 5.74) is 14.1. The molecule has 3 rings (SSSR count). The maximum atomic E-state index is 12.6. The highest BCUT2D eigenvalue weighted by atomic mass is 16.5. The predicted octanol–water partition coefficient (Wildman–Crippen LogP) is 6.07. The number of unbranched alkanes of at least 4 members (excludes halogenated alkanes) is 2. The number of nitrogen functional groups attached to an aromatic ring is 2. The minimum absolute atomic E-state index is 0.0252. The molecule has 1 aliphatic rings. The Morgan fingerprint density at radius 2 is 1.74 bits per heavy atom. The molecule has 0 spiro atoms. The quantitative estimate of drug-likeness (QED) is 0.102. The van der Waals surface area contributed by atoms with Crippen LogP contribution in [0.2, 0.25) is 0 Å². The summed E-state index contributed by atoms with van der Waals surface area (Å²) in [6.45, 7) is 3.82. The van der Waals surface area contributed by atoms with Crippen molar-refractivity contribution in [2.45, 2.75) is 58.0 Å². The Morgan fingerprint density at radius 1 is 1.00 bits per heavy atom. The van der Waals surface area contributed by atoms with Gasteiger partial charge in [0.05, 0.1) is 5.92 Å². The van der Waals surface area contributed by atoms with E-state index in [1.165, 1.54) is 25.3 Å². The van der Waals surface area contributed by atoms with Gasteiger partial charge in [0.25, 0.3) is 0 Å². The number of hydrogen-bond donors (Lipinski definition) is 2. The molecular weight excluding hydrogens is 440 g/mol. The van der Waals surface area contributed by atoms with Gasteiger partial charge in [-0.25, -0.2) is 4.79 Å². The molecule has 186 valence electrons. The Labute approximate surface area is 208 Å². The van der Waals surface area contributed by atoms with E-state index in [4.69, 9.17) is 20.9 Å². The summed E-state index contributed by atoms with van der Waals surface area (Å²) >= 11 is 0. The van der Waals surface area contributed by atoms with E-state index in [2.05, 4.69) is 6.58 Å². The minimum atomic E-state index is -0.487. The zero-order valence-electron chi connectivity index (χ0n) is 20.3. The molecule has 0 aromatic heterocycles. The van der Waals surface area contributed by atoms with E-state index in [0.717, 1.165) is 43.6 Å². The van der Waals surface area contributed by atoms with E-state index in [9.17, 15) is 9.59 Å². The highest BCUT2D eigenvalue weighted by molar-refractivity contribution is 5.87. The lowest BCUT2D eigenvalue weighted by Gasteiger charge is -2.27. The molecule has 1 fully saturated rings. The van der Waals surface area contributed by atoms with Crippen LogP contribution in [0, 0.1) is 11.8 Å². The van der Waals surface area contributed by atoms with E-state index in [-0.39, 0.29) is 18.5 Å². The number of hydrogen-bond acceptors (Lipinski definition) is 6. The van der Waals surface area contributed by atoms with Gasteiger partial charge in [0, 0.05) is 23.0 Å². The Hall–Kier alpha value is -3.54. The lowest BCUT2D eigenvalue weighted by molar-refractivity contribution is -0.140. The molecule has 0 heterocycles. The highest BCUT2D eigenvalue weighted by Crippen LogP contribution is 2.33. The van der Waals surface area contributed by atoms with Crippen molar-refractivity contribution in [2.24, 2.45) is 11.8 Å². The molecule has 1 aliphatic carbocycles. The summed E-state index contributed by atoms with van der Waals surface area (Å²) in [5, 5.41) is 0. The summed E-state index contributed by atoms with van der Waals surface area (Å²) in [5.74, 6) is 0.576. The summed E-state index contributed by atoms with van der Waals surface area (Å²) in [6.07, 6.45) is 13.7. The van der Waals surface area contributed by atoms with Gasteiger partial charge in [0.2, 0.25) is 0 Å². The summed E-state index contributed by atoms with van der Waals surface area (Å²) in [7, 11) is 0. The van der Waals surface area contributed by atoms with E-state index >= 15 is 0 Å². The molecule has 0 atom stereocenters. The van der Waals surface area contributed by atoms with Gasteiger partial charge in [-0.1, -0.05) is 31.1 Å². The van der Waals surface area contributed by atoms with Gasteiger partial charge in [0.15, 0.2) is 0 Å². The molecule has 0 radical (unpaired) electrons. The molecule has 0 unspecified atom stereocenters. The first-order chi connectivity index (χ1) is 16.9. The van der Waals surface area contributed by atoms with E-state index < -0.39 is 5.97 Å². The number of carbonyl (C=O) groups is 2. The first-order valence-corrected chi connectivity index (χ1v) is 12.4. The van der Waals surface area contributed by atoms with Crippen LogP contribution in [0.15, 0.2) is 61.2 Å². The number of rotatable bonds is 11. The molecular formula is C29H36N2O4. The number of carbonyl (C=O) groups excluding carboxylic acids is 2. The third-order valence-electron chi connectivity index (χ3n) is 6.50. The normalized spacial score (nSPS) is 17.7. The highest BCUT2D eigenvalue weighted by Gasteiger charge is 2.27. The van der Waals surface area contributed by atoms with Crippen molar-refractivity contribution in [2.75, 3.05) is 11.5 Å². The van der Waals surface area contributed by atoms with Crippen LogP contribution in [0.1, 0.15) is 62.5 Å². The molecule has 4 N–H and O–H groups in total. The van der Waals surface area contributed by atoms with Crippen molar-refractivity contribution in [3.63, 3.8) is 0 Å². The van der Waals surface area contributed by atoms with Crippen molar-refractivity contribution in [3.8, 4) is 5.75 Å². The van der Waals surface area contributed by atoms with E-state index in [1.54, 1.807) is 48.5 Å². The molecule has 6 nitrogen and oxygen atoms in total. The topological polar surface area (TPSA) is 105 Å². The minimum Gasteiger partial charge on any atom is -0.458 e. The van der Waals surface area contributed by atoms with Crippen molar-refractivity contribution >= 4 is 29.4 Å². The van der Waals surface area contributed by atoms with Gasteiger partial charge in [-0.15, -0.1) is 6.58 Å². The summed E-state index contributed by atoms with van der Waals surface area (Å²) < 4.78 is 10.8. The van der Waals surface area contributed by atoms with Crippen molar-refractivity contribution < 1.29 is 19.1 Å². The SMILES string of the molecule is C=CCCCCC1CCC(C(=O)Oc2ccc(/C=C/C(=O)OCc3cc(N)ccc3N)cc2)CC1. The maximum absolute atomic E-state index is 12.6. The third-order valence-corrected chi connectivity index (χ3v) is 6.50. The fraction of sp³-hybridized carbons (Fsp3) is 0.379. The molecule has 0 amide bonds. The van der Waals surface area contributed by atoms with Crippen molar-refractivity contribution in [1.29, 1.82) is 0 Å². The second-order valence-electron chi connectivity index (χ2n) is 9.18. The van der Waals surface area contributed by atoms with E-state index in [1.807, 2.05) is 6.08 Å². The molecule has 0 saturated heterocycles. The third kappa shape index (κ3) is 8.63. The van der Waals surface area contributed by atoms with Crippen LogP contribution in [0.5, 0.6) is 5.75 Å². The lowest BCUT2D eigenvalue weighted by Crippen LogP contribution is -2.25. The molecule has 1 saturated carbocycles. The zero-order valence-corrected chi connectivity index (χ0v) is 20.3. The maximum Gasteiger partial charge on any atom is 0.331 e. The number of benzene rings is 2. The molecule has 6 heteroatoms. The Balaban J connectivity index is 1.40. The molecule has 2 aromatic rings. The second kappa shape index (κ2) is 13.4. The lowest BCUT2D eigenvalue weighted by atomic mass is 9.80. The fourth-order valence-corrected chi connectivity index (χ4v) is 4.37. The van der Waals surface area contributed by atoms with Crippen LogP contribution in [0.3, 0.4) is 0 Å². The van der Waals surface area contributed by atoms with Gasteiger partial charge >= 0.3 is 11.9 Å². The average molecular weight is 477 g/mol. The second-order valence-corrected chi connectivity index (χ2v) is 9.18. The summed E-state index contributed by atoms with van der Waals surface area (Å²) in [6, 6.07) is 12.1. The number of esters is 2. The van der Waals surface area contributed by atoms with Gasteiger partial charge in [0.1, 0.15) is 12.4 Å². The largest absolute Gasteiger partial charge is 0.458 e. The fourth-order valence-electron chi connectivity index (χ4n) is 4.37. The van der Waals surface area contributed by atoms with E-state index in [0.29, 0.717) is 22.7 Å². The average Bonchev–Trinajstić information content (AvgIpc) is 2.87. The van der Waals surface area contributed by atoms with Crippen LogP contribution in [-0.4, -0.2) is 11.9 Å². The number of ether oxygens (including phenoxy) is 2. The standard InChI is InChI=1S/C29H36N2O4/c1-2-3-4-5-6-21-7-12-23(13-8-21)29(33)35-26-15-9-22(10-16-26)11-18-28(32)34-20-24-19-25(30)14-17-27(24)31/h2,9-11,14-19,21,23H,1,3-8,12-13,20,30-31H2/b18-11+. The van der Waals surface area contributed by atoms with Crippen LogP contribution in [0.4, 0.5) is 11.4 Å². The Bertz CT molecular complexity index is 1020. The number of nitrogens with two attached hydrogens (primary N) is 2. The smallest absolute Gasteiger partial charge is 0.331 e. The van der Waals surface area contributed by atoms with Gasteiger partial charge in [-0.3, -0.25) is 4.79 Å². The first kappa shape index (κ1) is 26.1. The Kier molecular flexibility index (Phi) is 9.96. The number of anilines is 2. The molecule has 0 aliphatic heterocycles. The van der Waals surface area contributed by atoms with Crippen LogP contribution in [-0.2, 0) is 20.9 Å².